The summed E-state index contributed by atoms with van der Waals surface area (Å²) in [6.45, 7) is 1.14. The highest BCUT2D eigenvalue weighted by molar-refractivity contribution is 5.78. The molecule has 0 aliphatic carbocycles. The van der Waals surface area contributed by atoms with Crippen molar-refractivity contribution in [1.29, 1.82) is 0 Å². The molecule has 0 saturated heterocycles. The number of ether oxygens (including phenoxy) is 2. The van der Waals surface area contributed by atoms with Crippen LogP contribution in [0.25, 0.3) is 0 Å². The molecule has 0 spiro atoms. The third-order valence-corrected chi connectivity index (χ3v) is 1.78. The monoisotopic (exact) mass is 286 g/mol. The number of hydrogen-bond acceptors (Lipinski definition) is 3. The molecule has 0 aromatic carbocycles. The Kier molecular flexibility index (Phi) is 4.29. The van der Waals surface area contributed by atoms with Gasteiger partial charge in [0, 0.05) is 0 Å². The van der Waals surface area contributed by atoms with Crippen molar-refractivity contribution < 1.29 is 45.0 Å². The number of rotatable bonds is 4. The molecule has 0 rings (SSSR count). The lowest BCUT2D eigenvalue weighted by Crippen LogP contribution is -2.57. The van der Waals surface area contributed by atoms with E-state index in [0.717, 1.165) is 7.11 Å². The van der Waals surface area contributed by atoms with E-state index in [9.17, 15) is 35.5 Å². The van der Waals surface area contributed by atoms with Crippen molar-refractivity contribution in [2.24, 2.45) is 0 Å². The number of halogens is 7. The van der Waals surface area contributed by atoms with Gasteiger partial charge in [0.15, 0.2) is 5.60 Å². The average Bonchev–Trinajstić information content (AvgIpc) is 2.12. The van der Waals surface area contributed by atoms with Gasteiger partial charge in [0.05, 0.1) is 7.11 Å². The molecule has 0 amide bonds. The lowest BCUT2D eigenvalue weighted by Gasteiger charge is -2.33. The topological polar surface area (TPSA) is 35.5 Å². The number of alkyl halides is 7. The van der Waals surface area contributed by atoms with Crippen LogP contribution in [-0.2, 0) is 14.3 Å². The molecule has 10 heteroatoms. The molecule has 0 aliphatic heterocycles. The standard InChI is InChI=1S/C8H9F7O3/c1-5(2,4(16)17-3)18-8(14,15)6(9,10)7(11,12)13/h1-3H3. The second-order valence-electron chi connectivity index (χ2n) is 3.69. The smallest absolute Gasteiger partial charge is 0.462 e. The van der Waals surface area contributed by atoms with Crippen LogP contribution in [-0.4, -0.2) is 36.9 Å². The van der Waals surface area contributed by atoms with E-state index >= 15 is 0 Å². The maximum absolute atomic E-state index is 12.8. The zero-order chi connectivity index (χ0) is 15.0. The highest BCUT2D eigenvalue weighted by Gasteiger charge is 2.75. The Labute approximate surface area is 96.8 Å². The van der Waals surface area contributed by atoms with Crippen molar-refractivity contribution in [3.05, 3.63) is 0 Å². The first-order valence-electron chi connectivity index (χ1n) is 4.30. The summed E-state index contributed by atoms with van der Waals surface area (Å²) in [6, 6.07) is 0. The molecule has 0 radical (unpaired) electrons. The average molecular weight is 286 g/mol. The van der Waals surface area contributed by atoms with Gasteiger partial charge in [-0.1, -0.05) is 0 Å². The molecule has 0 saturated carbocycles. The minimum Gasteiger partial charge on any atom is -0.467 e. The van der Waals surface area contributed by atoms with Gasteiger partial charge in [0.2, 0.25) is 0 Å². The molecule has 0 aliphatic rings. The summed E-state index contributed by atoms with van der Waals surface area (Å²) >= 11 is 0. The summed E-state index contributed by atoms with van der Waals surface area (Å²) in [4.78, 5) is 10.9. The third-order valence-electron chi connectivity index (χ3n) is 1.78. The van der Waals surface area contributed by atoms with Gasteiger partial charge in [0.1, 0.15) is 0 Å². The first-order valence-corrected chi connectivity index (χ1v) is 4.30. The molecule has 0 fully saturated rings. The Balaban J connectivity index is 5.25. The van der Waals surface area contributed by atoms with Gasteiger partial charge in [-0.15, -0.1) is 0 Å². The Hall–Kier alpha value is -1.06. The van der Waals surface area contributed by atoms with Crippen molar-refractivity contribution >= 4 is 5.97 Å². The maximum Gasteiger partial charge on any atom is 0.462 e. The second kappa shape index (κ2) is 4.56. The Morgan fingerprint density at radius 3 is 1.61 bits per heavy atom. The number of carbonyl (C=O) groups is 1. The van der Waals surface area contributed by atoms with Crippen molar-refractivity contribution in [3.63, 3.8) is 0 Å². The van der Waals surface area contributed by atoms with Gasteiger partial charge >= 0.3 is 24.2 Å². The molecule has 0 aromatic heterocycles. The summed E-state index contributed by atoms with van der Waals surface area (Å²) in [5.41, 5.74) is -2.67. The van der Waals surface area contributed by atoms with Crippen LogP contribution in [0.2, 0.25) is 0 Å². The Bertz CT molecular complexity index is 321. The first-order chi connectivity index (χ1) is 7.69. The molecule has 0 heterocycles. The van der Waals surface area contributed by atoms with E-state index in [-0.39, 0.29) is 0 Å². The summed E-state index contributed by atoms with van der Waals surface area (Å²) in [5, 5.41) is 0. The fourth-order valence-corrected chi connectivity index (χ4v) is 0.837. The molecule has 0 unspecified atom stereocenters. The van der Waals surface area contributed by atoms with Crippen molar-refractivity contribution in [3.8, 4) is 0 Å². The highest BCUT2D eigenvalue weighted by atomic mass is 19.4. The van der Waals surface area contributed by atoms with Crippen LogP contribution in [0.4, 0.5) is 30.7 Å². The predicted octanol–water partition coefficient (Wildman–Crippen LogP) is 2.75. The minimum atomic E-state index is -6.53. The highest BCUT2D eigenvalue weighted by Crippen LogP contribution is 2.48. The molecule has 108 valence electrons. The molecule has 0 N–H and O–H groups in total. The Morgan fingerprint density at radius 2 is 1.33 bits per heavy atom. The third kappa shape index (κ3) is 3.03. The molecular weight excluding hydrogens is 277 g/mol. The number of hydrogen-bond donors (Lipinski definition) is 0. The van der Waals surface area contributed by atoms with Crippen molar-refractivity contribution in [2.45, 2.75) is 37.7 Å². The fraction of sp³-hybridized carbons (Fsp3) is 0.875. The number of carbonyl (C=O) groups excluding carboxylic acids is 1. The van der Waals surface area contributed by atoms with Crippen LogP contribution in [0.1, 0.15) is 13.8 Å². The minimum absolute atomic E-state index is 0.569. The SMILES string of the molecule is COC(=O)C(C)(C)OC(F)(F)C(F)(F)C(F)(F)F. The van der Waals surface area contributed by atoms with Crippen LogP contribution < -0.4 is 0 Å². The molecule has 0 aromatic rings. The van der Waals surface area contributed by atoms with Crippen LogP contribution in [0.3, 0.4) is 0 Å². The zero-order valence-corrected chi connectivity index (χ0v) is 9.37. The van der Waals surface area contributed by atoms with E-state index in [1.807, 2.05) is 0 Å². The van der Waals surface area contributed by atoms with Gasteiger partial charge in [-0.2, -0.15) is 30.7 Å². The normalized spacial score (nSPS) is 14.6. The van der Waals surface area contributed by atoms with E-state index < -0.39 is 29.8 Å². The first kappa shape index (κ1) is 16.9. The molecule has 3 nitrogen and oxygen atoms in total. The maximum atomic E-state index is 12.8. The number of methoxy groups -OCH3 is 1. The summed E-state index contributed by atoms with van der Waals surface area (Å²) in [6.07, 6.45) is -12.4. The Morgan fingerprint density at radius 1 is 0.944 bits per heavy atom. The molecule has 0 bridgehead atoms. The lowest BCUT2D eigenvalue weighted by atomic mass is 10.1. The summed E-state index contributed by atoms with van der Waals surface area (Å²) in [7, 11) is 0.730. The van der Waals surface area contributed by atoms with E-state index in [1.165, 1.54) is 0 Å². The van der Waals surface area contributed by atoms with Crippen molar-refractivity contribution in [1.82, 2.24) is 0 Å². The van der Waals surface area contributed by atoms with Gasteiger partial charge in [0.25, 0.3) is 0 Å². The molecule has 0 atom stereocenters. The number of esters is 1. The zero-order valence-electron chi connectivity index (χ0n) is 9.37. The van der Waals surface area contributed by atoms with Gasteiger partial charge < -0.3 is 4.74 Å². The van der Waals surface area contributed by atoms with Gasteiger partial charge in [-0.25, -0.2) is 4.79 Å². The van der Waals surface area contributed by atoms with E-state index in [0.29, 0.717) is 13.8 Å². The quantitative estimate of drug-likeness (QED) is 0.589. The van der Waals surface area contributed by atoms with Crippen LogP contribution in [0.5, 0.6) is 0 Å². The van der Waals surface area contributed by atoms with E-state index in [2.05, 4.69) is 9.47 Å². The van der Waals surface area contributed by atoms with Crippen LogP contribution in [0.15, 0.2) is 0 Å². The van der Waals surface area contributed by atoms with E-state index in [1.54, 1.807) is 0 Å². The van der Waals surface area contributed by atoms with Crippen LogP contribution in [0, 0.1) is 0 Å². The molecule has 18 heavy (non-hydrogen) atoms. The summed E-state index contributed by atoms with van der Waals surface area (Å²) in [5.74, 6) is -7.97. The van der Waals surface area contributed by atoms with Crippen molar-refractivity contribution in [2.75, 3.05) is 7.11 Å². The van der Waals surface area contributed by atoms with E-state index in [4.69, 9.17) is 0 Å². The van der Waals surface area contributed by atoms with Gasteiger partial charge in [-0.3, -0.25) is 4.74 Å². The molecular formula is C8H9F7O3. The summed E-state index contributed by atoms with van der Waals surface area (Å²) < 4.78 is 93.0. The van der Waals surface area contributed by atoms with Gasteiger partial charge in [-0.05, 0) is 13.8 Å². The predicted molar refractivity (Wildman–Crippen MR) is 43.1 cm³/mol. The second-order valence-corrected chi connectivity index (χ2v) is 3.69. The lowest BCUT2D eigenvalue weighted by molar-refractivity contribution is -0.437. The van der Waals surface area contributed by atoms with Crippen LogP contribution >= 0.6 is 0 Å². The largest absolute Gasteiger partial charge is 0.467 e. The fourth-order valence-electron chi connectivity index (χ4n) is 0.837.